The maximum Gasteiger partial charge on any atom is 0.472 e. The molecular weight excluding hydrogens is 665 g/mol. The Labute approximate surface area is 311 Å². The van der Waals surface area contributed by atoms with E-state index in [4.69, 9.17) is 18.5 Å². The number of hydrogen-bond donors (Lipinski definition) is 1. The van der Waals surface area contributed by atoms with E-state index in [1.165, 1.54) is 38.5 Å². The molecule has 0 aromatic carbocycles. The first-order chi connectivity index (χ1) is 24.5. The van der Waals surface area contributed by atoms with E-state index in [2.05, 4.69) is 74.6 Å². The van der Waals surface area contributed by atoms with Gasteiger partial charge in [-0.15, -0.1) is 0 Å². The Kier molecular flexibility index (Phi) is 32.0. The van der Waals surface area contributed by atoms with Crippen molar-refractivity contribution in [2.24, 2.45) is 0 Å². The molecule has 0 saturated carbocycles. The molecule has 51 heavy (non-hydrogen) atoms. The van der Waals surface area contributed by atoms with Gasteiger partial charge in [0.05, 0.1) is 27.7 Å². The third-order valence-corrected chi connectivity index (χ3v) is 8.80. The number of rotatable bonds is 34. The van der Waals surface area contributed by atoms with E-state index < -0.39 is 32.5 Å². The van der Waals surface area contributed by atoms with Crippen molar-refractivity contribution in [3.8, 4) is 0 Å². The van der Waals surface area contributed by atoms with Crippen molar-refractivity contribution in [2.45, 2.75) is 142 Å². The van der Waals surface area contributed by atoms with E-state index in [-0.39, 0.29) is 26.1 Å². The van der Waals surface area contributed by atoms with Crippen LogP contribution in [0.4, 0.5) is 0 Å². The van der Waals surface area contributed by atoms with Gasteiger partial charge < -0.3 is 18.9 Å². The zero-order valence-corrected chi connectivity index (χ0v) is 33.7. The van der Waals surface area contributed by atoms with Gasteiger partial charge in [0.2, 0.25) is 0 Å². The average molecular weight is 739 g/mol. The summed E-state index contributed by atoms with van der Waals surface area (Å²) in [5, 5.41) is 0. The second kappa shape index (κ2) is 33.5. The summed E-state index contributed by atoms with van der Waals surface area (Å²) in [7, 11) is 1.44. The fourth-order valence-electron chi connectivity index (χ4n) is 4.75. The molecule has 0 aliphatic carbocycles. The van der Waals surface area contributed by atoms with Crippen molar-refractivity contribution in [3.05, 3.63) is 60.8 Å². The third-order valence-electron chi connectivity index (χ3n) is 7.81. The number of phosphoric acid groups is 1. The summed E-state index contributed by atoms with van der Waals surface area (Å²) in [6.07, 6.45) is 38.5. The molecule has 0 radical (unpaired) electrons. The standard InChI is InChI=1S/C41H72NO8P/c1-6-8-10-12-14-16-18-19-20-21-22-23-24-26-27-29-31-33-40(43)47-37-39(38-49-51(45,46)48-36-35-42(3,4)5)50-41(44)34-32-30-28-25-17-15-13-11-9-7-2/h8,10,14,16,19-20,22-23,26-27,39H,6-7,9,11-13,15,17-18,21,24-25,28-38H2,1-5H3/p+1/b10-8-,16-14-,20-19-,23-22-,27-26-/t39-/m1/s1. The topological polar surface area (TPSA) is 108 Å². The molecule has 0 aliphatic heterocycles. The highest BCUT2D eigenvalue weighted by Crippen LogP contribution is 2.43. The number of carbonyl (C=O) groups is 2. The van der Waals surface area contributed by atoms with Crippen molar-refractivity contribution in [2.75, 3.05) is 47.5 Å². The van der Waals surface area contributed by atoms with Gasteiger partial charge in [0, 0.05) is 12.8 Å². The summed E-state index contributed by atoms with van der Waals surface area (Å²) in [6, 6.07) is 0. The van der Waals surface area contributed by atoms with Crippen LogP contribution in [0.2, 0.25) is 0 Å². The van der Waals surface area contributed by atoms with E-state index in [1.807, 2.05) is 21.1 Å². The van der Waals surface area contributed by atoms with Crippen LogP contribution >= 0.6 is 7.82 Å². The Morgan fingerprint density at radius 1 is 0.627 bits per heavy atom. The van der Waals surface area contributed by atoms with Crippen LogP contribution < -0.4 is 0 Å². The Hall–Kier alpha value is -2.29. The van der Waals surface area contributed by atoms with Gasteiger partial charge in [0.15, 0.2) is 6.10 Å². The second-order valence-corrected chi connectivity index (χ2v) is 15.4. The first kappa shape index (κ1) is 48.7. The van der Waals surface area contributed by atoms with Crippen molar-refractivity contribution in [3.63, 3.8) is 0 Å². The first-order valence-electron chi connectivity index (χ1n) is 19.5. The van der Waals surface area contributed by atoms with Crippen LogP contribution in [0.25, 0.3) is 0 Å². The fraction of sp³-hybridized carbons (Fsp3) is 0.707. The molecule has 0 amide bonds. The zero-order valence-electron chi connectivity index (χ0n) is 32.8. The van der Waals surface area contributed by atoms with Crippen molar-refractivity contribution < 1.29 is 42.1 Å². The van der Waals surface area contributed by atoms with Crippen LogP contribution in [0.15, 0.2) is 60.8 Å². The number of allylic oxidation sites excluding steroid dienone is 10. The van der Waals surface area contributed by atoms with E-state index >= 15 is 0 Å². The highest BCUT2D eigenvalue weighted by atomic mass is 31.2. The smallest absolute Gasteiger partial charge is 0.462 e. The van der Waals surface area contributed by atoms with Crippen molar-refractivity contribution >= 4 is 19.8 Å². The summed E-state index contributed by atoms with van der Waals surface area (Å²) in [5.74, 6) is -0.874. The summed E-state index contributed by atoms with van der Waals surface area (Å²) >= 11 is 0. The van der Waals surface area contributed by atoms with E-state index in [9.17, 15) is 19.0 Å². The van der Waals surface area contributed by atoms with Crippen LogP contribution in [-0.2, 0) is 32.7 Å². The minimum absolute atomic E-state index is 0.0212. The zero-order chi connectivity index (χ0) is 37.9. The van der Waals surface area contributed by atoms with Gasteiger partial charge in [-0.2, -0.15) is 0 Å². The molecule has 0 aliphatic rings. The molecule has 0 aromatic rings. The molecule has 0 fully saturated rings. The predicted molar refractivity (Wildman–Crippen MR) is 210 cm³/mol. The van der Waals surface area contributed by atoms with Crippen LogP contribution in [0, 0.1) is 0 Å². The molecule has 0 spiro atoms. The molecular formula is C41H73NO8P+. The summed E-state index contributed by atoms with van der Waals surface area (Å²) in [4.78, 5) is 35.1. The fourth-order valence-corrected chi connectivity index (χ4v) is 5.49. The van der Waals surface area contributed by atoms with Gasteiger partial charge >= 0.3 is 19.8 Å². The molecule has 0 bridgehead atoms. The second-order valence-electron chi connectivity index (χ2n) is 13.9. The van der Waals surface area contributed by atoms with E-state index in [0.717, 1.165) is 57.8 Å². The lowest BCUT2D eigenvalue weighted by atomic mass is 10.1. The van der Waals surface area contributed by atoms with Crippen molar-refractivity contribution in [1.82, 2.24) is 0 Å². The Balaban J connectivity index is 4.51. The first-order valence-corrected chi connectivity index (χ1v) is 21.0. The minimum Gasteiger partial charge on any atom is -0.462 e. The maximum absolute atomic E-state index is 12.6. The average Bonchev–Trinajstić information content (AvgIpc) is 3.07. The number of quaternary nitrogens is 1. The number of esters is 2. The molecule has 10 heteroatoms. The van der Waals surface area contributed by atoms with E-state index in [0.29, 0.717) is 23.9 Å². The number of likely N-dealkylation sites (N-methyl/N-ethyl adjacent to an activating group) is 1. The molecule has 0 saturated heterocycles. The minimum atomic E-state index is -4.38. The van der Waals surface area contributed by atoms with Crippen LogP contribution in [0.1, 0.15) is 136 Å². The predicted octanol–water partition coefficient (Wildman–Crippen LogP) is 10.5. The van der Waals surface area contributed by atoms with Crippen LogP contribution in [-0.4, -0.2) is 74.9 Å². The molecule has 1 N–H and O–H groups in total. The molecule has 0 aromatic heterocycles. The Morgan fingerprint density at radius 2 is 1.12 bits per heavy atom. The molecule has 0 rings (SSSR count). The normalized spacial score (nSPS) is 14.4. The Bertz CT molecular complexity index is 1060. The largest absolute Gasteiger partial charge is 0.472 e. The molecule has 0 heterocycles. The quantitative estimate of drug-likeness (QED) is 0.0229. The highest BCUT2D eigenvalue weighted by Gasteiger charge is 2.27. The number of nitrogens with zero attached hydrogens (tertiary/aromatic N) is 1. The monoisotopic (exact) mass is 739 g/mol. The number of hydrogen-bond acceptors (Lipinski definition) is 7. The SMILES string of the molecule is CC/C=C\C/C=C\C/C=C\C/C=C\C/C=C\CCCC(=O)OC[C@H](COP(=O)(O)OCC[N+](C)(C)C)OC(=O)CCCCCCCCCCCC. The number of unbranched alkanes of at least 4 members (excludes halogenated alkanes) is 10. The molecule has 1 unspecified atom stereocenters. The number of phosphoric ester groups is 1. The van der Waals surface area contributed by atoms with Gasteiger partial charge in [-0.3, -0.25) is 18.6 Å². The van der Waals surface area contributed by atoms with Gasteiger partial charge in [0.1, 0.15) is 19.8 Å². The van der Waals surface area contributed by atoms with Gasteiger partial charge in [-0.25, -0.2) is 4.57 Å². The van der Waals surface area contributed by atoms with Crippen LogP contribution in [0.3, 0.4) is 0 Å². The van der Waals surface area contributed by atoms with Gasteiger partial charge in [-0.1, -0.05) is 132 Å². The summed E-state index contributed by atoms with van der Waals surface area (Å²) in [5.41, 5.74) is 0. The molecule has 2 atom stereocenters. The maximum atomic E-state index is 12.6. The number of carbonyl (C=O) groups excluding carboxylic acids is 2. The summed E-state index contributed by atoms with van der Waals surface area (Å²) < 4.78 is 34.1. The van der Waals surface area contributed by atoms with Gasteiger partial charge in [-0.05, 0) is 51.4 Å². The van der Waals surface area contributed by atoms with Crippen LogP contribution in [0.5, 0.6) is 0 Å². The van der Waals surface area contributed by atoms with Gasteiger partial charge in [0.25, 0.3) is 0 Å². The lowest BCUT2D eigenvalue weighted by Crippen LogP contribution is -2.37. The van der Waals surface area contributed by atoms with Crippen molar-refractivity contribution in [1.29, 1.82) is 0 Å². The number of ether oxygens (including phenoxy) is 2. The lowest BCUT2D eigenvalue weighted by Gasteiger charge is -2.24. The highest BCUT2D eigenvalue weighted by molar-refractivity contribution is 7.47. The molecule has 294 valence electrons. The Morgan fingerprint density at radius 3 is 1.65 bits per heavy atom. The third kappa shape index (κ3) is 37.3. The molecule has 9 nitrogen and oxygen atoms in total. The lowest BCUT2D eigenvalue weighted by molar-refractivity contribution is -0.870. The van der Waals surface area contributed by atoms with E-state index in [1.54, 1.807) is 0 Å². The summed E-state index contributed by atoms with van der Waals surface area (Å²) in [6.45, 7) is 4.20.